The van der Waals surface area contributed by atoms with Crippen molar-refractivity contribution >= 4 is 49.9 Å². The molecule has 1 aliphatic rings. The highest BCUT2D eigenvalue weighted by molar-refractivity contribution is 7.89. The lowest BCUT2D eigenvalue weighted by Crippen LogP contribution is -2.37. The van der Waals surface area contributed by atoms with E-state index < -0.39 is 10.0 Å². The fourth-order valence-corrected chi connectivity index (χ4v) is 6.27. The van der Waals surface area contributed by atoms with Gasteiger partial charge in [-0.2, -0.15) is 4.31 Å². The monoisotopic (exact) mass is 469 g/mol. The Morgan fingerprint density at radius 1 is 1.27 bits per heavy atom. The Morgan fingerprint density at radius 2 is 2.07 bits per heavy atom. The van der Waals surface area contributed by atoms with Gasteiger partial charge in [0.1, 0.15) is 10.6 Å². The number of nitrogens with zero attached hydrogens (tertiary/aromatic N) is 5. The van der Waals surface area contributed by atoms with Gasteiger partial charge in [0.05, 0.1) is 5.69 Å². The number of hydrogen-bond acceptors (Lipinski definition) is 7. The number of hydrogen-bond donors (Lipinski definition) is 0. The molecule has 30 heavy (non-hydrogen) atoms. The number of carbonyl (C=O) groups excluding carboxylic acids is 1. The van der Waals surface area contributed by atoms with Gasteiger partial charge in [-0.05, 0) is 26.3 Å². The topological polar surface area (TPSA) is 101 Å². The Kier molecular flexibility index (Phi) is 5.71. The van der Waals surface area contributed by atoms with Crippen molar-refractivity contribution in [2.75, 3.05) is 26.2 Å². The van der Waals surface area contributed by atoms with Gasteiger partial charge in [0, 0.05) is 43.8 Å². The minimum atomic E-state index is -3.73. The maximum Gasteiger partial charge on any atom is 0.248 e. The highest BCUT2D eigenvalue weighted by atomic mass is 35.5. The number of aryl methyl sites for hydroxylation is 2. The van der Waals surface area contributed by atoms with Crippen LogP contribution >= 0.6 is 22.9 Å². The van der Waals surface area contributed by atoms with E-state index in [0.717, 1.165) is 4.96 Å². The quantitative estimate of drug-likeness (QED) is 0.544. The Bertz CT molecular complexity index is 1210. The van der Waals surface area contributed by atoms with Crippen LogP contribution in [0.3, 0.4) is 0 Å². The van der Waals surface area contributed by atoms with Crippen molar-refractivity contribution in [1.82, 2.24) is 23.7 Å². The minimum absolute atomic E-state index is 0.109. The van der Waals surface area contributed by atoms with Crippen LogP contribution in [0.5, 0.6) is 0 Å². The fourth-order valence-electron chi connectivity index (χ4n) is 3.51. The summed E-state index contributed by atoms with van der Waals surface area (Å²) in [5, 5.41) is 5.97. The van der Waals surface area contributed by atoms with E-state index in [-0.39, 0.29) is 23.1 Å². The van der Waals surface area contributed by atoms with Crippen LogP contribution in [0.1, 0.15) is 23.6 Å². The Labute approximate surface area is 182 Å². The first-order valence-corrected chi connectivity index (χ1v) is 12.0. The third kappa shape index (κ3) is 3.78. The number of imidazole rings is 1. The molecular formula is C18H20ClN5O4S2. The van der Waals surface area contributed by atoms with Crippen LogP contribution in [-0.4, -0.2) is 64.3 Å². The molecule has 0 bridgehead atoms. The number of aromatic nitrogens is 3. The normalized spacial score (nSPS) is 16.6. The Balaban J connectivity index is 1.47. The van der Waals surface area contributed by atoms with Crippen LogP contribution in [0.2, 0.25) is 5.15 Å². The third-order valence-corrected chi connectivity index (χ3v) is 8.15. The molecule has 0 aromatic carbocycles. The van der Waals surface area contributed by atoms with E-state index in [2.05, 4.69) is 10.1 Å². The second-order valence-corrected chi connectivity index (χ2v) is 10.0. The van der Waals surface area contributed by atoms with Crippen molar-refractivity contribution in [2.24, 2.45) is 0 Å². The highest BCUT2D eigenvalue weighted by Crippen LogP contribution is 2.25. The zero-order valence-electron chi connectivity index (χ0n) is 16.4. The predicted molar refractivity (Wildman–Crippen MR) is 113 cm³/mol. The number of fused-ring (bicyclic) bond motifs is 1. The van der Waals surface area contributed by atoms with Gasteiger partial charge in [-0.3, -0.25) is 9.20 Å². The fraction of sp³-hybridized carbons (Fsp3) is 0.389. The van der Waals surface area contributed by atoms with E-state index in [1.54, 1.807) is 24.8 Å². The van der Waals surface area contributed by atoms with Crippen molar-refractivity contribution in [2.45, 2.75) is 25.2 Å². The van der Waals surface area contributed by atoms with Crippen molar-refractivity contribution in [1.29, 1.82) is 0 Å². The smallest absolute Gasteiger partial charge is 0.248 e. The first-order chi connectivity index (χ1) is 14.3. The van der Waals surface area contributed by atoms with E-state index in [1.807, 2.05) is 16.0 Å². The molecule has 1 amide bonds. The second-order valence-electron chi connectivity index (χ2n) is 6.91. The highest BCUT2D eigenvalue weighted by Gasteiger charge is 2.32. The summed E-state index contributed by atoms with van der Waals surface area (Å²) in [4.78, 5) is 19.4. The summed E-state index contributed by atoms with van der Waals surface area (Å²) in [6, 6.07) is 0. The molecule has 12 heteroatoms. The average Bonchev–Trinajstić information content (AvgIpc) is 3.28. The first kappa shape index (κ1) is 21.0. The summed E-state index contributed by atoms with van der Waals surface area (Å²) in [6.45, 7) is 4.47. The summed E-state index contributed by atoms with van der Waals surface area (Å²) < 4.78 is 34.3. The summed E-state index contributed by atoms with van der Waals surface area (Å²) in [7, 11) is -3.73. The van der Waals surface area contributed by atoms with Crippen molar-refractivity contribution < 1.29 is 17.7 Å². The minimum Gasteiger partial charge on any atom is -0.360 e. The molecule has 0 atom stereocenters. The van der Waals surface area contributed by atoms with Gasteiger partial charge in [0.15, 0.2) is 15.9 Å². The van der Waals surface area contributed by atoms with E-state index in [9.17, 15) is 13.2 Å². The van der Waals surface area contributed by atoms with E-state index in [1.165, 1.54) is 21.7 Å². The maximum absolute atomic E-state index is 13.0. The van der Waals surface area contributed by atoms with Gasteiger partial charge < -0.3 is 9.42 Å². The molecule has 0 unspecified atom stereocenters. The number of carbonyl (C=O) groups is 1. The lowest BCUT2D eigenvalue weighted by atomic mass is 10.3. The lowest BCUT2D eigenvalue weighted by molar-refractivity contribution is -0.125. The predicted octanol–water partition coefficient (Wildman–Crippen LogP) is 2.59. The summed E-state index contributed by atoms with van der Waals surface area (Å²) in [5.41, 5.74) is 0.976. The third-order valence-electron chi connectivity index (χ3n) is 4.97. The Morgan fingerprint density at radius 3 is 2.80 bits per heavy atom. The molecule has 0 aliphatic carbocycles. The van der Waals surface area contributed by atoms with Crippen LogP contribution in [0.25, 0.3) is 11.0 Å². The van der Waals surface area contributed by atoms with Gasteiger partial charge >= 0.3 is 0 Å². The molecule has 160 valence electrons. The molecular weight excluding hydrogens is 450 g/mol. The van der Waals surface area contributed by atoms with Crippen molar-refractivity contribution in [3.8, 4) is 0 Å². The number of thiazole rings is 1. The summed E-state index contributed by atoms with van der Waals surface area (Å²) in [6.07, 6.45) is 5.46. The van der Waals surface area contributed by atoms with Gasteiger partial charge in [-0.25, -0.2) is 13.4 Å². The average molecular weight is 470 g/mol. The molecule has 3 aromatic rings. The van der Waals surface area contributed by atoms with Crippen LogP contribution in [-0.2, 0) is 14.8 Å². The number of sulfonamides is 1. The largest absolute Gasteiger partial charge is 0.360 e. The van der Waals surface area contributed by atoms with Crippen LogP contribution < -0.4 is 0 Å². The number of rotatable bonds is 4. The number of halogens is 1. The van der Waals surface area contributed by atoms with Crippen LogP contribution in [0.4, 0.5) is 0 Å². The zero-order chi connectivity index (χ0) is 21.5. The second kappa shape index (κ2) is 8.14. The van der Waals surface area contributed by atoms with Crippen LogP contribution in [0, 0.1) is 13.8 Å². The van der Waals surface area contributed by atoms with Gasteiger partial charge in [-0.15, -0.1) is 11.3 Å². The molecule has 4 heterocycles. The van der Waals surface area contributed by atoms with Gasteiger partial charge in [0.2, 0.25) is 15.9 Å². The molecule has 1 aliphatic heterocycles. The standard InChI is InChI=1S/C18H20ClN5O4S2/c1-12-16(13(2)28-21-12)30(26,27)23-7-3-6-22(8-9-23)15(25)5-4-14-17(19)20-18-24(14)10-11-29-18/h4-5,10-11H,3,6-9H2,1-2H3/b5-4+. The van der Waals surface area contributed by atoms with E-state index in [0.29, 0.717) is 42.6 Å². The molecule has 1 fully saturated rings. The van der Waals surface area contributed by atoms with Gasteiger partial charge in [0.25, 0.3) is 0 Å². The van der Waals surface area contributed by atoms with E-state index >= 15 is 0 Å². The number of amides is 1. The molecule has 0 radical (unpaired) electrons. The molecule has 0 saturated carbocycles. The lowest BCUT2D eigenvalue weighted by Gasteiger charge is -2.21. The molecule has 9 nitrogen and oxygen atoms in total. The molecule has 3 aromatic heterocycles. The molecule has 0 N–H and O–H groups in total. The summed E-state index contributed by atoms with van der Waals surface area (Å²) in [5.74, 6) is 0.0675. The maximum atomic E-state index is 13.0. The Hall–Kier alpha value is -2.21. The van der Waals surface area contributed by atoms with Crippen molar-refractivity contribution in [3.63, 3.8) is 0 Å². The van der Waals surface area contributed by atoms with E-state index in [4.69, 9.17) is 16.1 Å². The van der Waals surface area contributed by atoms with Crippen LogP contribution in [0.15, 0.2) is 27.1 Å². The summed E-state index contributed by atoms with van der Waals surface area (Å²) >= 11 is 7.62. The zero-order valence-corrected chi connectivity index (χ0v) is 18.8. The molecule has 0 spiro atoms. The molecule has 4 rings (SSSR count). The molecule has 1 saturated heterocycles. The van der Waals surface area contributed by atoms with Gasteiger partial charge in [-0.1, -0.05) is 16.8 Å². The van der Waals surface area contributed by atoms with Crippen molar-refractivity contribution in [3.05, 3.63) is 40.0 Å². The SMILES string of the molecule is Cc1noc(C)c1S(=O)(=O)N1CCCN(C(=O)/C=C/c2c(Cl)nc3sccn23)CC1. The first-order valence-electron chi connectivity index (χ1n) is 9.30.